The van der Waals surface area contributed by atoms with E-state index in [0.29, 0.717) is 10.9 Å². The van der Waals surface area contributed by atoms with Crippen LogP contribution in [0.2, 0.25) is 0 Å². The van der Waals surface area contributed by atoms with Gasteiger partial charge in [-0.05, 0) is 12.8 Å². The van der Waals surface area contributed by atoms with Gasteiger partial charge >= 0.3 is 0 Å². The minimum Gasteiger partial charge on any atom is -0.550 e. The second-order valence-corrected chi connectivity index (χ2v) is 5.03. The third kappa shape index (κ3) is 2.25. The highest BCUT2D eigenvalue weighted by molar-refractivity contribution is 5.68. The Hall–Kier alpha value is -0.610. The van der Waals surface area contributed by atoms with Gasteiger partial charge in [0.15, 0.2) is 0 Å². The van der Waals surface area contributed by atoms with E-state index in [1.807, 2.05) is 21.1 Å². The molecule has 0 radical (unpaired) electrons. The van der Waals surface area contributed by atoms with Crippen molar-refractivity contribution in [2.45, 2.75) is 31.4 Å². The lowest BCUT2D eigenvalue weighted by Gasteiger charge is -2.43. The molecule has 0 aromatic rings. The van der Waals surface area contributed by atoms with Crippen LogP contribution in [0.15, 0.2) is 0 Å². The number of carbonyl (C=O) groups excluding carboxylic acids is 1. The van der Waals surface area contributed by atoms with Crippen LogP contribution in [0, 0.1) is 5.92 Å². The number of aliphatic hydroxyl groups is 1. The number of likely N-dealkylation sites (N-methyl/N-ethyl adjacent to an activating group) is 1. The van der Waals surface area contributed by atoms with E-state index in [9.17, 15) is 15.0 Å². The normalized spacial score (nSPS) is 34.1. The molecule has 1 aliphatic rings. The summed E-state index contributed by atoms with van der Waals surface area (Å²) in [6.07, 6.45) is 1.51. The molecule has 0 spiro atoms. The van der Waals surface area contributed by atoms with Crippen molar-refractivity contribution in [1.82, 2.24) is 0 Å². The summed E-state index contributed by atoms with van der Waals surface area (Å²) >= 11 is 0. The summed E-state index contributed by atoms with van der Waals surface area (Å²) in [4.78, 5) is 10.8. The summed E-state index contributed by atoms with van der Waals surface area (Å²) in [5, 5.41) is 20.7. The molecule has 82 valence electrons. The molecule has 4 heteroatoms. The minimum absolute atomic E-state index is 0.00616. The molecule has 0 bridgehead atoms. The molecule has 1 fully saturated rings. The van der Waals surface area contributed by atoms with Crippen molar-refractivity contribution in [2.24, 2.45) is 5.92 Å². The summed E-state index contributed by atoms with van der Waals surface area (Å²) in [5.74, 6) is -1.80. The smallest absolute Gasteiger partial charge is 0.115 e. The van der Waals surface area contributed by atoms with Gasteiger partial charge in [-0.1, -0.05) is 0 Å². The van der Waals surface area contributed by atoms with Gasteiger partial charge in [-0.2, -0.15) is 0 Å². The van der Waals surface area contributed by atoms with Gasteiger partial charge in [0.05, 0.1) is 21.1 Å². The molecule has 1 saturated carbocycles. The van der Waals surface area contributed by atoms with E-state index in [1.165, 1.54) is 0 Å². The number of carboxylic acid groups (broad SMARTS) is 1. The Morgan fingerprint density at radius 1 is 1.36 bits per heavy atom. The van der Waals surface area contributed by atoms with Crippen LogP contribution < -0.4 is 5.11 Å². The molecule has 1 aliphatic carbocycles. The first-order chi connectivity index (χ1) is 6.34. The Labute approximate surface area is 84.7 Å². The molecule has 4 nitrogen and oxygen atoms in total. The first-order valence-electron chi connectivity index (χ1n) is 5.04. The number of rotatable bonds is 2. The fourth-order valence-corrected chi connectivity index (χ4v) is 2.26. The van der Waals surface area contributed by atoms with E-state index in [1.54, 1.807) is 0 Å². The lowest BCUT2D eigenvalue weighted by atomic mass is 9.82. The van der Waals surface area contributed by atoms with Crippen LogP contribution >= 0.6 is 0 Å². The second-order valence-electron chi connectivity index (χ2n) is 5.03. The third-order valence-electron chi connectivity index (χ3n) is 3.12. The van der Waals surface area contributed by atoms with Crippen molar-refractivity contribution in [3.63, 3.8) is 0 Å². The lowest BCUT2D eigenvalue weighted by molar-refractivity contribution is -0.901. The Kier molecular flexibility index (Phi) is 3.17. The highest BCUT2D eigenvalue weighted by Crippen LogP contribution is 2.29. The average Bonchev–Trinajstić information content (AvgIpc) is 2.01. The largest absolute Gasteiger partial charge is 0.550 e. The van der Waals surface area contributed by atoms with Crippen molar-refractivity contribution in [1.29, 1.82) is 0 Å². The highest BCUT2D eigenvalue weighted by atomic mass is 16.4. The molecular formula is C10H19NO3. The fourth-order valence-electron chi connectivity index (χ4n) is 2.26. The summed E-state index contributed by atoms with van der Waals surface area (Å²) in [5.41, 5.74) is 0. The number of hydrogen-bond acceptors (Lipinski definition) is 3. The molecule has 3 atom stereocenters. The van der Waals surface area contributed by atoms with Crippen molar-refractivity contribution in [2.75, 3.05) is 21.1 Å². The standard InChI is InChI=1S/C10H19NO3/c1-11(2,3)8-6-4-5-7(9(8)12)10(13)14/h7-9,12H,4-6H2,1-3H3/t7-,8+,9+/m0/s1. The molecule has 0 unspecified atom stereocenters. The van der Waals surface area contributed by atoms with Crippen LogP contribution in [0.3, 0.4) is 0 Å². The monoisotopic (exact) mass is 201 g/mol. The summed E-state index contributed by atoms with van der Waals surface area (Å²) in [7, 11) is 5.93. The molecule has 0 amide bonds. The zero-order chi connectivity index (χ0) is 10.9. The van der Waals surface area contributed by atoms with E-state index >= 15 is 0 Å². The third-order valence-corrected chi connectivity index (χ3v) is 3.12. The maximum Gasteiger partial charge on any atom is 0.115 e. The molecule has 1 N–H and O–H groups in total. The van der Waals surface area contributed by atoms with Gasteiger partial charge in [0.25, 0.3) is 0 Å². The van der Waals surface area contributed by atoms with Crippen molar-refractivity contribution >= 4 is 5.97 Å². The Bertz CT molecular complexity index is 222. The predicted octanol–water partition coefficient (Wildman–Crippen LogP) is -1.03. The molecule has 0 heterocycles. The number of quaternary nitrogens is 1. The van der Waals surface area contributed by atoms with Crippen molar-refractivity contribution < 1.29 is 19.5 Å². The van der Waals surface area contributed by atoms with Gasteiger partial charge in [-0.25, -0.2) is 0 Å². The zero-order valence-corrected chi connectivity index (χ0v) is 9.06. The van der Waals surface area contributed by atoms with E-state index in [-0.39, 0.29) is 6.04 Å². The highest BCUT2D eigenvalue weighted by Gasteiger charge is 2.39. The van der Waals surface area contributed by atoms with E-state index in [4.69, 9.17) is 0 Å². The average molecular weight is 201 g/mol. The van der Waals surface area contributed by atoms with E-state index < -0.39 is 18.0 Å². The van der Waals surface area contributed by atoms with Crippen LogP contribution in [0.5, 0.6) is 0 Å². The number of hydrogen-bond donors (Lipinski definition) is 1. The van der Waals surface area contributed by atoms with E-state index in [0.717, 1.165) is 12.8 Å². The first-order valence-corrected chi connectivity index (χ1v) is 5.04. The molecule has 0 saturated heterocycles. The first kappa shape index (κ1) is 11.5. The Balaban J connectivity index is 2.76. The number of aliphatic carboxylic acids is 1. The summed E-state index contributed by atoms with van der Waals surface area (Å²) < 4.78 is 0.602. The van der Waals surface area contributed by atoms with Gasteiger partial charge in [-0.15, -0.1) is 0 Å². The minimum atomic E-state index is -1.12. The SMILES string of the molecule is C[N+](C)(C)[C@@H]1CCC[C@H](C(=O)[O-])[C@H]1O. The summed E-state index contributed by atoms with van der Waals surface area (Å²) in [6, 6.07) is 0.00616. The van der Waals surface area contributed by atoms with Crippen LogP contribution in [0.4, 0.5) is 0 Å². The Morgan fingerprint density at radius 2 is 1.93 bits per heavy atom. The fraction of sp³-hybridized carbons (Fsp3) is 0.900. The zero-order valence-electron chi connectivity index (χ0n) is 9.06. The molecular weight excluding hydrogens is 182 g/mol. The van der Waals surface area contributed by atoms with Crippen LogP contribution in [0.25, 0.3) is 0 Å². The maximum atomic E-state index is 10.8. The molecule has 14 heavy (non-hydrogen) atoms. The van der Waals surface area contributed by atoms with Crippen LogP contribution in [0.1, 0.15) is 19.3 Å². The van der Waals surface area contributed by atoms with Gasteiger partial charge in [0.2, 0.25) is 0 Å². The number of carbonyl (C=O) groups is 1. The van der Waals surface area contributed by atoms with Gasteiger partial charge in [0.1, 0.15) is 12.1 Å². The number of carboxylic acids is 1. The second kappa shape index (κ2) is 3.87. The molecule has 0 aromatic heterocycles. The van der Waals surface area contributed by atoms with E-state index in [2.05, 4.69) is 0 Å². The van der Waals surface area contributed by atoms with Crippen molar-refractivity contribution in [3.05, 3.63) is 0 Å². The van der Waals surface area contributed by atoms with Crippen molar-refractivity contribution in [3.8, 4) is 0 Å². The van der Waals surface area contributed by atoms with Crippen LogP contribution in [-0.2, 0) is 4.79 Å². The van der Waals surface area contributed by atoms with Gasteiger partial charge < -0.3 is 19.5 Å². The maximum absolute atomic E-state index is 10.8. The predicted molar refractivity (Wildman–Crippen MR) is 50.2 cm³/mol. The lowest BCUT2D eigenvalue weighted by Crippen LogP contribution is -2.58. The Morgan fingerprint density at radius 3 is 2.36 bits per heavy atom. The van der Waals surface area contributed by atoms with Gasteiger partial charge in [-0.3, -0.25) is 0 Å². The molecule has 0 aromatic carbocycles. The number of nitrogens with zero attached hydrogens (tertiary/aromatic N) is 1. The van der Waals surface area contributed by atoms with Gasteiger partial charge in [0, 0.05) is 18.3 Å². The van der Waals surface area contributed by atoms with Crippen LogP contribution in [-0.4, -0.2) is 48.8 Å². The molecule has 0 aliphatic heterocycles. The number of aliphatic hydroxyl groups excluding tert-OH is 1. The molecule has 1 rings (SSSR count). The topological polar surface area (TPSA) is 60.4 Å². The summed E-state index contributed by atoms with van der Waals surface area (Å²) in [6.45, 7) is 0. The quantitative estimate of drug-likeness (QED) is 0.581.